The highest BCUT2D eigenvalue weighted by Gasteiger charge is 2.27. The molecule has 3 unspecified atom stereocenters. The Kier molecular flexibility index (Phi) is 52.5. The summed E-state index contributed by atoms with van der Waals surface area (Å²) in [6, 6.07) is -0.842. The number of amides is 1. The number of phosphoric acid groups is 1. The molecule has 0 aliphatic carbocycles. The third-order valence-corrected chi connectivity index (χ3v) is 15.5. The molecule has 0 aromatic rings. The molecule has 0 aromatic heterocycles. The number of hydrogen-bond acceptors (Lipinski definition) is 5. The molecule has 3 atom stereocenters. The second-order valence-electron chi connectivity index (χ2n) is 22.8. The van der Waals surface area contributed by atoms with E-state index < -0.39 is 20.0 Å². The minimum atomic E-state index is -4.34. The minimum absolute atomic E-state index is 0.0653. The molecule has 70 heavy (non-hydrogen) atoms. The van der Waals surface area contributed by atoms with E-state index in [2.05, 4.69) is 19.2 Å². The van der Waals surface area contributed by atoms with Gasteiger partial charge in [-0.15, -0.1) is 0 Å². The number of nitrogens with one attached hydrogen (secondary N) is 1. The summed E-state index contributed by atoms with van der Waals surface area (Å²) in [4.78, 5) is 23.3. The molecule has 0 radical (unpaired) electrons. The zero-order chi connectivity index (χ0) is 51.3. The van der Waals surface area contributed by atoms with Gasteiger partial charge in [0.1, 0.15) is 13.2 Å². The maximum atomic E-state index is 13.0. The summed E-state index contributed by atoms with van der Waals surface area (Å²) in [5, 5.41) is 14.0. The van der Waals surface area contributed by atoms with Crippen molar-refractivity contribution < 1.29 is 32.9 Å². The van der Waals surface area contributed by atoms with Crippen molar-refractivity contribution in [1.29, 1.82) is 0 Å². The highest BCUT2D eigenvalue weighted by Crippen LogP contribution is 2.43. The number of rotatable bonds is 58. The monoisotopic (exact) mass is 1010 g/mol. The van der Waals surface area contributed by atoms with Crippen molar-refractivity contribution >= 4 is 13.7 Å². The van der Waals surface area contributed by atoms with Crippen LogP contribution in [0.2, 0.25) is 0 Å². The number of allylic oxidation sites excluding steroid dienone is 1. The Hall–Kier alpha value is -0.760. The van der Waals surface area contributed by atoms with Crippen molar-refractivity contribution in [1.82, 2.24) is 5.32 Å². The van der Waals surface area contributed by atoms with E-state index in [4.69, 9.17) is 9.05 Å². The predicted molar refractivity (Wildman–Crippen MR) is 305 cm³/mol. The van der Waals surface area contributed by atoms with Crippen LogP contribution in [0.15, 0.2) is 12.2 Å². The summed E-state index contributed by atoms with van der Waals surface area (Å²) in [7, 11) is 1.59. The quantitative estimate of drug-likeness (QED) is 0.0243. The Labute approximate surface area is 437 Å². The number of carbonyl (C=O) groups is 1. The van der Waals surface area contributed by atoms with Gasteiger partial charge < -0.3 is 19.8 Å². The Morgan fingerprint density at radius 3 is 1.06 bits per heavy atom. The molecule has 0 saturated carbocycles. The lowest BCUT2D eigenvalue weighted by Gasteiger charge is -2.25. The molecule has 0 bridgehead atoms. The molecule has 418 valence electrons. The van der Waals surface area contributed by atoms with Gasteiger partial charge in [0, 0.05) is 6.42 Å². The lowest BCUT2D eigenvalue weighted by molar-refractivity contribution is -0.870. The van der Waals surface area contributed by atoms with Gasteiger partial charge in [0.25, 0.3) is 0 Å². The van der Waals surface area contributed by atoms with Crippen LogP contribution in [0.25, 0.3) is 0 Å². The fraction of sp³-hybridized carbons (Fsp3) is 0.951. The lowest BCUT2D eigenvalue weighted by Crippen LogP contribution is -2.45. The van der Waals surface area contributed by atoms with E-state index in [-0.39, 0.29) is 19.1 Å². The van der Waals surface area contributed by atoms with Gasteiger partial charge in [-0.05, 0) is 19.3 Å². The average molecular weight is 1010 g/mol. The van der Waals surface area contributed by atoms with E-state index in [1.54, 1.807) is 6.08 Å². The second kappa shape index (κ2) is 53.1. The highest BCUT2D eigenvalue weighted by atomic mass is 31.2. The standard InChI is InChI=1S/C61H123N2O6P/c1-6-8-10-12-14-16-18-20-22-24-26-28-30-31-33-34-36-38-40-42-44-46-48-50-52-54-60(64)59(58-69-70(66,67)68-57-56-63(3,4)5)62-61(65)55-53-51-49-47-45-43-41-39-37-35-32-29-27-25-23-21-19-17-15-13-11-9-7-2/h52,54,59-60,64H,6-51,53,55-58H2,1-5H3,(H-,62,65,66,67)/p+1/b54-52+. The lowest BCUT2D eigenvalue weighted by atomic mass is 10.0. The SMILES string of the molecule is CCCCCCCCCCCCCCCCCCCCCCCCC/C=C/C(O)C(COP(=O)(O)OCC[N+](C)(C)C)NC(=O)CCCCCCCCCCCCCCCCCCCCCCCCC. The van der Waals surface area contributed by atoms with E-state index in [9.17, 15) is 19.4 Å². The first kappa shape index (κ1) is 69.2. The molecule has 0 fully saturated rings. The zero-order valence-electron chi connectivity index (χ0n) is 47.8. The molecule has 8 nitrogen and oxygen atoms in total. The molecule has 0 aromatic carbocycles. The first-order valence-corrected chi connectivity index (χ1v) is 32.6. The van der Waals surface area contributed by atoms with Crippen molar-refractivity contribution in [2.75, 3.05) is 40.9 Å². The van der Waals surface area contributed by atoms with Crippen LogP contribution in [0.1, 0.15) is 322 Å². The summed E-state index contributed by atoms with van der Waals surface area (Å²) in [5.74, 6) is -0.168. The summed E-state index contributed by atoms with van der Waals surface area (Å²) >= 11 is 0. The topological polar surface area (TPSA) is 105 Å². The summed E-state index contributed by atoms with van der Waals surface area (Å²) in [6.07, 6.45) is 66.1. The Balaban J connectivity index is 4.13. The van der Waals surface area contributed by atoms with E-state index in [0.717, 1.165) is 32.1 Å². The molecule has 0 aliphatic rings. The molecule has 0 rings (SSSR count). The van der Waals surface area contributed by atoms with Crippen LogP contribution in [0, 0.1) is 0 Å². The van der Waals surface area contributed by atoms with Gasteiger partial charge in [0.2, 0.25) is 5.91 Å². The molecule has 0 aliphatic heterocycles. The van der Waals surface area contributed by atoms with Crippen LogP contribution in [-0.4, -0.2) is 73.4 Å². The van der Waals surface area contributed by atoms with Crippen LogP contribution >= 0.6 is 7.82 Å². The molecule has 0 saturated heterocycles. The largest absolute Gasteiger partial charge is 0.472 e. The van der Waals surface area contributed by atoms with Gasteiger partial charge >= 0.3 is 7.82 Å². The van der Waals surface area contributed by atoms with Crippen LogP contribution < -0.4 is 5.32 Å². The zero-order valence-corrected chi connectivity index (χ0v) is 48.7. The first-order chi connectivity index (χ1) is 34.0. The summed E-state index contributed by atoms with van der Waals surface area (Å²) < 4.78 is 23.8. The van der Waals surface area contributed by atoms with Crippen LogP contribution in [-0.2, 0) is 18.4 Å². The van der Waals surface area contributed by atoms with Gasteiger partial charge in [-0.2, -0.15) is 0 Å². The van der Waals surface area contributed by atoms with Crippen molar-refractivity contribution in [2.24, 2.45) is 0 Å². The number of hydrogen-bond donors (Lipinski definition) is 3. The molecule has 0 spiro atoms. The number of phosphoric ester groups is 1. The number of quaternary nitrogens is 1. The number of likely N-dealkylation sites (N-methyl/N-ethyl adjacent to an activating group) is 1. The van der Waals surface area contributed by atoms with E-state index in [1.165, 1.54) is 270 Å². The molecule has 1 amide bonds. The van der Waals surface area contributed by atoms with Gasteiger partial charge in [-0.25, -0.2) is 4.57 Å². The predicted octanol–water partition coefficient (Wildman–Crippen LogP) is 19.0. The van der Waals surface area contributed by atoms with Crippen LogP contribution in [0.4, 0.5) is 0 Å². The van der Waals surface area contributed by atoms with E-state index >= 15 is 0 Å². The Bertz CT molecular complexity index is 1150. The van der Waals surface area contributed by atoms with Crippen molar-refractivity contribution in [3.63, 3.8) is 0 Å². The normalized spacial score (nSPS) is 13.9. The number of nitrogens with zero attached hydrogens (tertiary/aromatic N) is 1. The maximum absolute atomic E-state index is 13.0. The molecular weight excluding hydrogens is 888 g/mol. The number of carbonyl (C=O) groups excluding carboxylic acids is 1. The van der Waals surface area contributed by atoms with E-state index in [1.807, 2.05) is 27.2 Å². The number of aliphatic hydroxyl groups excluding tert-OH is 1. The van der Waals surface area contributed by atoms with Crippen molar-refractivity contribution in [3.8, 4) is 0 Å². The highest BCUT2D eigenvalue weighted by molar-refractivity contribution is 7.47. The van der Waals surface area contributed by atoms with Crippen LogP contribution in [0.5, 0.6) is 0 Å². The van der Waals surface area contributed by atoms with E-state index in [0.29, 0.717) is 17.4 Å². The molecular formula is C61H124N2O6P+. The minimum Gasteiger partial charge on any atom is -0.387 e. The molecule has 9 heteroatoms. The third kappa shape index (κ3) is 55.0. The van der Waals surface area contributed by atoms with Gasteiger partial charge in [-0.1, -0.05) is 309 Å². The Morgan fingerprint density at radius 2 is 0.757 bits per heavy atom. The van der Waals surface area contributed by atoms with Crippen LogP contribution in [0.3, 0.4) is 0 Å². The second-order valence-corrected chi connectivity index (χ2v) is 24.3. The smallest absolute Gasteiger partial charge is 0.387 e. The third-order valence-electron chi connectivity index (χ3n) is 14.5. The first-order valence-electron chi connectivity index (χ1n) is 31.1. The maximum Gasteiger partial charge on any atom is 0.472 e. The van der Waals surface area contributed by atoms with Gasteiger partial charge in [0.15, 0.2) is 0 Å². The van der Waals surface area contributed by atoms with Crippen molar-refractivity contribution in [3.05, 3.63) is 12.2 Å². The Morgan fingerprint density at radius 1 is 0.471 bits per heavy atom. The number of unbranched alkanes of at least 4 members (excludes halogenated alkanes) is 45. The van der Waals surface area contributed by atoms with Gasteiger partial charge in [-0.3, -0.25) is 13.8 Å². The fourth-order valence-electron chi connectivity index (χ4n) is 9.63. The molecule has 0 heterocycles. The summed E-state index contributed by atoms with van der Waals surface area (Å²) in [6.45, 7) is 4.88. The van der Waals surface area contributed by atoms with Gasteiger partial charge in [0.05, 0.1) is 39.9 Å². The average Bonchev–Trinajstić information content (AvgIpc) is 3.32. The van der Waals surface area contributed by atoms with Crippen molar-refractivity contribution in [2.45, 2.75) is 334 Å². The number of aliphatic hydroxyl groups is 1. The summed E-state index contributed by atoms with van der Waals surface area (Å²) in [5.41, 5.74) is 0. The molecule has 3 N–H and O–H groups in total. The fourth-order valence-corrected chi connectivity index (χ4v) is 10.4.